The number of hydrogen-bond acceptors (Lipinski definition) is 4. The number of imide groups is 1. The number of rotatable bonds is 4. The summed E-state index contributed by atoms with van der Waals surface area (Å²) in [7, 11) is 1.46. The van der Waals surface area contributed by atoms with Crippen molar-refractivity contribution in [1.29, 1.82) is 0 Å². The molecule has 7 heteroatoms. The van der Waals surface area contributed by atoms with E-state index >= 15 is 0 Å². The maximum Gasteiger partial charge on any atom is 0.246 e. The van der Waals surface area contributed by atoms with Gasteiger partial charge in [-0.3, -0.25) is 24.6 Å². The fourth-order valence-electron chi connectivity index (χ4n) is 2.08. The smallest absolute Gasteiger partial charge is 0.246 e. The van der Waals surface area contributed by atoms with E-state index < -0.39 is 6.04 Å². The van der Waals surface area contributed by atoms with E-state index in [0.717, 1.165) is 9.37 Å². The summed E-state index contributed by atoms with van der Waals surface area (Å²) >= 11 is 3.34. The lowest BCUT2D eigenvalue weighted by molar-refractivity contribution is -0.148. The van der Waals surface area contributed by atoms with Crippen molar-refractivity contribution in [3.63, 3.8) is 0 Å². The average molecular weight is 354 g/mol. The van der Waals surface area contributed by atoms with Crippen molar-refractivity contribution in [2.75, 3.05) is 18.9 Å². The third-order valence-electron chi connectivity index (χ3n) is 3.31. The van der Waals surface area contributed by atoms with E-state index in [2.05, 4.69) is 26.6 Å². The van der Waals surface area contributed by atoms with E-state index in [4.69, 9.17) is 0 Å². The molecule has 21 heavy (non-hydrogen) atoms. The molecule has 1 aliphatic heterocycles. The van der Waals surface area contributed by atoms with Gasteiger partial charge in [-0.25, -0.2) is 0 Å². The molecule has 0 saturated carbocycles. The molecule has 2 rings (SSSR count). The maximum atomic E-state index is 11.9. The van der Waals surface area contributed by atoms with Crippen LogP contribution < -0.4 is 10.6 Å². The molecule has 1 aromatic rings. The number of anilines is 1. The van der Waals surface area contributed by atoms with Crippen LogP contribution in [0.4, 0.5) is 5.69 Å². The number of likely N-dealkylation sites (N-methyl/N-ethyl adjacent to an activating group) is 1. The third-order valence-corrected chi connectivity index (χ3v) is 4.00. The minimum Gasteiger partial charge on any atom is -0.324 e. The first-order valence-electron chi connectivity index (χ1n) is 6.57. The number of nitrogens with one attached hydrogen (secondary N) is 2. The second-order valence-corrected chi connectivity index (χ2v) is 5.65. The van der Waals surface area contributed by atoms with Crippen LogP contribution in [0.5, 0.6) is 0 Å². The van der Waals surface area contributed by atoms with Crippen molar-refractivity contribution in [1.82, 2.24) is 10.2 Å². The van der Waals surface area contributed by atoms with Gasteiger partial charge in [0.1, 0.15) is 0 Å². The van der Waals surface area contributed by atoms with Gasteiger partial charge in [0.15, 0.2) is 0 Å². The highest BCUT2D eigenvalue weighted by Gasteiger charge is 2.31. The molecule has 3 amide bonds. The molecule has 0 radical (unpaired) electrons. The largest absolute Gasteiger partial charge is 0.324 e. The van der Waals surface area contributed by atoms with E-state index in [1.807, 2.05) is 18.2 Å². The summed E-state index contributed by atoms with van der Waals surface area (Å²) < 4.78 is 0.789. The Hall–Kier alpha value is -1.73. The van der Waals surface area contributed by atoms with Crippen LogP contribution in [0, 0.1) is 0 Å². The van der Waals surface area contributed by atoms with Crippen LogP contribution in [0.25, 0.3) is 0 Å². The quantitative estimate of drug-likeness (QED) is 0.795. The predicted molar refractivity (Wildman–Crippen MR) is 81.6 cm³/mol. The van der Waals surface area contributed by atoms with Crippen molar-refractivity contribution in [2.45, 2.75) is 18.9 Å². The highest BCUT2D eigenvalue weighted by atomic mass is 79.9. The van der Waals surface area contributed by atoms with Crippen LogP contribution in [-0.2, 0) is 14.4 Å². The van der Waals surface area contributed by atoms with Gasteiger partial charge < -0.3 is 5.32 Å². The molecule has 0 spiro atoms. The van der Waals surface area contributed by atoms with Gasteiger partial charge in [0.05, 0.1) is 18.3 Å². The molecule has 0 bridgehead atoms. The summed E-state index contributed by atoms with van der Waals surface area (Å²) in [5.74, 6) is -0.718. The Kier molecular flexibility index (Phi) is 5.08. The van der Waals surface area contributed by atoms with Crippen LogP contribution in [0.3, 0.4) is 0 Å². The Morgan fingerprint density at radius 1 is 1.38 bits per heavy atom. The number of benzene rings is 1. The van der Waals surface area contributed by atoms with E-state index in [1.54, 1.807) is 6.07 Å². The number of carbonyl (C=O) groups is 3. The molecular weight excluding hydrogens is 338 g/mol. The fourth-order valence-corrected chi connectivity index (χ4v) is 2.46. The molecule has 1 unspecified atom stereocenters. The zero-order valence-corrected chi connectivity index (χ0v) is 13.1. The van der Waals surface area contributed by atoms with Gasteiger partial charge in [0, 0.05) is 17.9 Å². The number of nitrogens with zero attached hydrogens (tertiary/aromatic N) is 1. The molecule has 1 saturated heterocycles. The van der Waals surface area contributed by atoms with Crippen molar-refractivity contribution in [2.24, 2.45) is 0 Å². The van der Waals surface area contributed by atoms with Gasteiger partial charge in [0.25, 0.3) is 0 Å². The van der Waals surface area contributed by atoms with E-state index in [1.165, 1.54) is 7.05 Å². The monoisotopic (exact) mass is 353 g/mol. The molecule has 1 fully saturated rings. The number of halogens is 1. The average Bonchev–Trinajstić information content (AvgIpc) is 2.46. The second kappa shape index (κ2) is 6.82. The molecule has 1 heterocycles. The number of para-hydroxylation sites is 1. The summed E-state index contributed by atoms with van der Waals surface area (Å²) in [5, 5.41) is 5.64. The van der Waals surface area contributed by atoms with Crippen LogP contribution in [0.15, 0.2) is 28.7 Å². The standard InChI is InChI=1S/C14H16BrN3O3/c1-18-13(20)7-6-11(14(18)21)16-8-12(19)17-10-5-3-2-4-9(10)15/h2-5,11,16H,6-8H2,1H3,(H,17,19). The first-order valence-corrected chi connectivity index (χ1v) is 7.36. The lowest BCUT2D eigenvalue weighted by Gasteiger charge is -2.28. The third kappa shape index (κ3) is 3.89. The molecule has 1 atom stereocenters. The van der Waals surface area contributed by atoms with Crippen molar-refractivity contribution in [3.05, 3.63) is 28.7 Å². The maximum absolute atomic E-state index is 11.9. The summed E-state index contributed by atoms with van der Waals surface area (Å²) in [6.07, 6.45) is 0.732. The zero-order chi connectivity index (χ0) is 15.4. The number of likely N-dealkylation sites (tertiary alicyclic amines) is 1. The van der Waals surface area contributed by atoms with Gasteiger partial charge in [-0.05, 0) is 34.5 Å². The summed E-state index contributed by atoms with van der Waals surface area (Å²) in [6.45, 7) is 0.0137. The van der Waals surface area contributed by atoms with Crippen molar-refractivity contribution < 1.29 is 14.4 Å². The zero-order valence-electron chi connectivity index (χ0n) is 11.6. The summed E-state index contributed by atoms with van der Waals surface area (Å²) in [5.41, 5.74) is 0.673. The van der Waals surface area contributed by atoms with Gasteiger partial charge >= 0.3 is 0 Å². The molecule has 6 nitrogen and oxygen atoms in total. The summed E-state index contributed by atoms with van der Waals surface area (Å²) in [6, 6.07) is 6.79. The normalized spacial score (nSPS) is 18.8. The topological polar surface area (TPSA) is 78.5 Å². The molecule has 0 aromatic heterocycles. The Balaban J connectivity index is 1.86. The van der Waals surface area contributed by atoms with Gasteiger partial charge in [-0.15, -0.1) is 0 Å². The number of amides is 3. The minimum atomic E-state index is -0.488. The number of carbonyl (C=O) groups excluding carboxylic acids is 3. The predicted octanol–water partition coefficient (Wildman–Crippen LogP) is 1.12. The number of hydrogen-bond donors (Lipinski definition) is 2. The fraction of sp³-hybridized carbons (Fsp3) is 0.357. The Morgan fingerprint density at radius 3 is 2.81 bits per heavy atom. The summed E-state index contributed by atoms with van der Waals surface area (Å²) in [4.78, 5) is 36.2. The Morgan fingerprint density at radius 2 is 2.10 bits per heavy atom. The molecular formula is C14H16BrN3O3. The van der Waals surface area contributed by atoms with Crippen LogP contribution in [0.1, 0.15) is 12.8 Å². The van der Waals surface area contributed by atoms with Crippen LogP contribution in [0.2, 0.25) is 0 Å². The van der Waals surface area contributed by atoms with Crippen LogP contribution in [-0.4, -0.2) is 42.3 Å². The molecule has 1 aliphatic rings. The van der Waals surface area contributed by atoms with Gasteiger partial charge in [-0.1, -0.05) is 12.1 Å². The SMILES string of the molecule is CN1C(=O)CCC(NCC(=O)Nc2ccccc2Br)C1=O. The first kappa shape index (κ1) is 15.7. The molecule has 0 aliphatic carbocycles. The van der Waals surface area contributed by atoms with Crippen molar-refractivity contribution in [3.8, 4) is 0 Å². The van der Waals surface area contributed by atoms with E-state index in [9.17, 15) is 14.4 Å². The van der Waals surface area contributed by atoms with Gasteiger partial charge in [-0.2, -0.15) is 0 Å². The van der Waals surface area contributed by atoms with E-state index in [-0.39, 0.29) is 24.3 Å². The van der Waals surface area contributed by atoms with Gasteiger partial charge in [0.2, 0.25) is 17.7 Å². The van der Waals surface area contributed by atoms with E-state index in [0.29, 0.717) is 18.5 Å². The van der Waals surface area contributed by atoms with Crippen LogP contribution >= 0.6 is 15.9 Å². The molecule has 1 aromatic carbocycles. The molecule has 112 valence electrons. The lowest BCUT2D eigenvalue weighted by atomic mass is 10.0. The number of piperidine rings is 1. The van der Waals surface area contributed by atoms with Crippen molar-refractivity contribution >= 4 is 39.3 Å². The Labute approximate surface area is 131 Å². The molecule has 2 N–H and O–H groups in total. The minimum absolute atomic E-state index is 0.0137. The first-order chi connectivity index (χ1) is 9.99. The second-order valence-electron chi connectivity index (χ2n) is 4.79. The highest BCUT2D eigenvalue weighted by molar-refractivity contribution is 9.10. The highest BCUT2D eigenvalue weighted by Crippen LogP contribution is 2.20. The lowest BCUT2D eigenvalue weighted by Crippen LogP contribution is -2.52. The Bertz CT molecular complexity index is 576.